The van der Waals surface area contributed by atoms with Gasteiger partial charge in [0.05, 0.1) is 6.04 Å². The van der Waals surface area contributed by atoms with Crippen LogP contribution in [0.3, 0.4) is 0 Å². The van der Waals surface area contributed by atoms with Crippen molar-refractivity contribution in [3.8, 4) is 0 Å². The molecule has 0 aliphatic carbocycles. The first-order valence-electron chi connectivity index (χ1n) is 6.85. The van der Waals surface area contributed by atoms with Crippen LogP contribution >= 0.6 is 22.9 Å². The molecule has 2 aromatic rings. The van der Waals surface area contributed by atoms with Crippen LogP contribution in [0.25, 0.3) is 0 Å². The molecule has 1 aromatic heterocycles. The molecule has 4 heteroatoms. The Bertz CT molecular complexity index is 527. The van der Waals surface area contributed by atoms with E-state index in [-0.39, 0.29) is 12.1 Å². The highest BCUT2D eigenvalue weighted by Crippen LogP contribution is 2.29. The molecule has 1 aromatic carbocycles. The van der Waals surface area contributed by atoms with Crippen LogP contribution in [0.15, 0.2) is 41.8 Å². The van der Waals surface area contributed by atoms with Gasteiger partial charge in [-0.25, -0.2) is 0 Å². The van der Waals surface area contributed by atoms with Crippen LogP contribution in [0.4, 0.5) is 0 Å². The van der Waals surface area contributed by atoms with E-state index < -0.39 is 0 Å². The van der Waals surface area contributed by atoms with Gasteiger partial charge in [-0.3, -0.25) is 4.90 Å². The van der Waals surface area contributed by atoms with Crippen LogP contribution < -0.4 is 5.73 Å². The van der Waals surface area contributed by atoms with E-state index in [0.29, 0.717) is 0 Å². The topological polar surface area (TPSA) is 29.3 Å². The van der Waals surface area contributed by atoms with Crippen molar-refractivity contribution in [1.29, 1.82) is 0 Å². The lowest BCUT2D eigenvalue weighted by molar-refractivity contribution is 0.205. The summed E-state index contributed by atoms with van der Waals surface area (Å²) in [6.45, 7) is 2.98. The van der Waals surface area contributed by atoms with Crippen molar-refractivity contribution in [2.24, 2.45) is 5.73 Å². The minimum atomic E-state index is 0.137. The van der Waals surface area contributed by atoms with Crippen molar-refractivity contribution in [2.75, 3.05) is 7.05 Å². The summed E-state index contributed by atoms with van der Waals surface area (Å²) < 4.78 is 0. The minimum absolute atomic E-state index is 0.137. The molecule has 0 bridgehead atoms. The van der Waals surface area contributed by atoms with E-state index in [2.05, 4.69) is 42.5 Å². The fraction of sp³-hybridized carbons (Fsp3) is 0.375. The number of rotatable bonds is 6. The third-order valence-electron chi connectivity index (χ3n) is 3.51. The smallest absolute Gasteiger partial charge is 0.0593 e. The van der Waals surface area contributed by atoms with E-state index in [1.54, 1.807) is 11.3 Å². The molecule has 0 spiro atoms. The molecule has 1 heterocycles. The molecule has 2 rings (SSSR count). The fourth-order valence-electron chi connectivity index (χ4n) is 2.46. The average Bonchev–Trinajstić information content (AvgIpc) is 2.92. The summed E-state index contributed by atoms with van der Waals surface area (Å²) in [7, 11) is 2.13. The summed E-state index contributed by atoms with van der Waals surface area (Å²) in [5.74, 6) is 0. The van der Waals surface area contributed by atoms with Gasteiger partial charge in [-0.05, 0) is 42.6 Å². The van der Waals surface area contributed by atoms with Gasteiger partial charge in [-0.2, -0.15) is 0 Å². The van der Waals surface area contributed by atoms with Gasteiger partial charge in [-0.15, -0.1) is 11.3 Å². The van der Waals surface area contributed by atoms with E-state index in [0.717, 1.165) is 18.0 Å². The third-order valence-corrected chi connectivity index (χ3v) is 4.69. The van der Waals surface area contributed by atoms with Gasteiger partial charge < -0.3 is 5.73 Å². The Balaban J connectivity index is 2.17. The number of hydrogen-bond acceptors (Lipinski definition) is 3. The Morgan fingerprint density at radius 2 is 2.10 bits per heavy atom. The largest absolute Gasteiger partial charge is 0.326 e. The second kappa shape index (κ2) is 7.23. The van der Waals surface area contributed by atoms with E-state index in [1.165, 1.54) is 10.4 Å². The summed E-state index contributed by atoms with van der Waals surface area (Å²) >= 11 is 7.83. The van der Waals surface area contributed by atoms with Crippen molar-refractivity contribution in [2.45, 2.75) is 32.0 Å². The molecule has 0 radical (unpaired) electrons. The van der Waals surface area contributed by atoms with Gasteiger partial charge in [-0.1, -0.05) is 36.7 Å². The second-order valence-corrected chi connectivity index (χ2v) is 6.49. The van der Waals surface area contributed by atoms with Gasteiger partial charge in [0.1, 0.15) is 0 Å². The van der Waals surface area contributed by atoms with Crippen LogP contribution in [0.1, 0.15) is 29.8 Å². The number of hydrogen-bond donors (Lipinski definition) is 1. The normalized spacial score (nSPS) is 14.4. The molecular weight excluding hydrogens is 288 g/mol. The quantitative estimate of drug-likeness (QED) is 0.861. The maximum Gasteiger partial charge on any atom is 0.0593 e. The summed E-state index contributed by atoms with van der Waals surface area (Å²) in [6, 6.07) is 12.6. The Hall–Kier alpha value is -0.870. The Morgan fingerprint density at radius 1 is 1.30 bits per heavy atom. The molecule has 0 amide bonds. The highest BCUT2D eigenvalue weighted by molar-refractivity contribution is 7.10. The zero-order chi connectivity index (χ0) is 14.5. The van der Waals surface area contributed by atoms with Gasteiger partial charge >= 0.3 is 0 Å². The number of benzene rings is 1. The van der Waals surface area contributed by atoms with E-state index >= 15 is 0 Å². The van der Waals surface area contributed by atoms with Crippen LogP contribution in [-0.4, -0.2) is 18.0 Å². The molecule has 2 atom stereocenters. The van der Waals surface area contributed by atoms with Gasteiger partial charge in [0.25, 0.3) is 0 Å². The minimum Gasteiger partial charge on any atom is -0.326 e. The molecule has 0 saturated carbocycles. The Labute approximate surface area is 130 Å². The van der Waals surface area contributed by atoms with Crippen molar-refractivity contribution < 1.29 is 0 Å². The monoisotopic (exact) mass is 308 g/mol. The first kappa shape index (κ1) is 15.5. The van der Waals surface area contributed by atoms with Crippen molar-refractivity contribution in [1.82, 2.24) is 4.90 Å². The number of likely N-dealkylation sites (N-methyl/N-ethyl adjacent to an activating group) is 1. The molecule has 108 valence electrons. The molecular formula is C16H21ClN2S. The van der Waals surface area contributed by atoms with E-state index in [9.17, 15) is 0 Å². The highest BCUT2D eigenvalue weighted by Gasteiger charge is 2.24. The molecule has 0 saturated heterocycles. The van der Waals surface area contributed by atoms with Gasteiger partial charge in [0.2, 0.25) is 0 Å². The van der Waals surface area contributed by atoms with E-state index in [1.807, 2.05) is 18.2 Å². The highest BCUT2D eigenvalue weighted by atomic mass is 35.5. The number of nitrogens with two attached hydrogens (primary N) is 1. The van der Waals surface area contributed by atoms with Crippen LogP contribution in [-0.2, 0) is 6.54 Å². The molecule has 0 fully saturated rings. The first-order valence-corrected chi connectivity index (χ1v) is 8.11. The molecule has 0 aliphatic rings. The number of nitrogens with zero attached hydrogens (tertiary/aromatic N) is 1. The first-order chi connectivity index (χ1) is 9.61. The van der Waals surface area contributed by atoms with Crippen molar-refractivity contribution >= 4 is 22.9 Å². The van der Waals surface area contributed by atoms with Crippen molar-refractivity contribution in [3.05, 3.63) is 57.2 Å². The molecule has 2 N–H and O–H groups in total. The SMILES string of the molecule is CCC(N)C(c1cccs1)N(C)Cc1cccc(Cl)c1. The zero-order valence-corrected chi connectivity index (χ0v) is 13.5. The molecule has 2 nitrogen and oxygen atoms in total. The second-order valence-electron chi connectivity index (χ2n) is 5.08. The predicted molar refractivity (Wildman–Crippen MR) is 88.2 cm³/mol. The maximum absolute atomic E-state index is 6.33. The van der Waals surface area contributed by atoms with Gasteiger partial charge in [0, 0.05) is 22.5 Å². The summed E-state index contributed by atoms with van der Waals surface area (Å²) in [6.07, 6.45) is 0.961. The summed E-state index contributed by atoms with van der Waals surface area (Å²) in [4.78, 5) is 3.63. The van der Waals surface area contributed by atoms with Crippen LogP contribution in [0.5, 0.6) is 0 Å². The summed E-state index contributed by atoms with van der Waals surface area (Å²) in [5.41, 5.74) is 7.54. The molecule has 0 aliphatic heterocycles. The Kier molecular flexibility index (Phi) is 5.61. The molecule has 2 unspecified atom stereocenters. The Morgan fingerprint density at radius 3 is 2.70 bits per heavy atom. The van der Waals surface area contributed by atoms with Crippen LogP contribution in [0, 0.1) is 0 Å². The lowest BCUT2D eigenvalue weighted by Crippen LogP contribution is -2.38. The maximum atomic E-state index is 6.33. The van der Waals surface area contributed by atoms with E-state index in [4.69, 9.17) is 17.3 Å². The van der Waals surface area contributed by atoms with Crippen LogP contribution in [0.2, 0.25) is 5.02 Å². The fourth-order valence-corrected chi connectivity index (χ4v) is 3.64. The zero-order valence-electron chi connectivity index (χ0n) is 11.9. The standard InChI is InChI=1S/C16H21ClN2S/c1-3-14(18)16(15-8-5-9-20-15)19(2)11-12-6-4-7-13(17)10-12/h4-10,14,16H,3,11,18H2,1-2H3. The lowest BCUT2D eigenvalue weighted by Gasteiger charge is -2.31. The average molecular weight is 309 g/mol. The number of halogens is 1. The van der Waals surface area contributed by atoms with Crippen molar-refractivity contribution in [3.63, 3.8) is 0 Å². The number of thiophene rings is 1. The third kappa shape index (κ3) is 3.83. The summed E-state index contributed by atoms with van der Waals surface area (Å²) in [5, 5.41) is 2.89. The molecule has 20 heavy (non-hydrogen) atoms. The lowest BCUT2D eigenvalue weighted by atomic mass is 10.0. The predicted octanol–water partition coefficient (Wildman–Crippen LogP) is 4.31. The van der Waals surface area contributed by atoms with Gasteiger partial charge in [0.15, 0.2) is 0 Å².